The van der Waals surface area contributed by atoms with E-state index in [0.717, 1.165) is 23.3 Å². The van der Waals surface area contributed by atoms with Gasteiger partial charge in [0.25, 0.3) is 0 Å². The second kappa shape index (κ2) is 7.79. The standard InChI is InChI=1S/C17H18F2N2O4S/c1-10-6-15(25-3)16(7-11(10)2)26(23,24)20-9-17(22)21-14-5-4-12(18)8-13(14)19/h4-8,20H,9H2,1-3H3,(H,21,22). The second-order valence-electron chi connectivity index (χ2n) is 5.58. The molecule has 0 radical (unpaired) electrons. The fourth-order valence-electron chi connectivity index (χ4n) is 2.16. The topological polar surface area (TPSA) is 84.5 Å². The van der Waals surface area contributed by atoms with Crippen molar-refractivity contribution in [2.24, 2.45) is 0 Å². The number of rotatable bonds is 6. The van der Waals surface area contributed by atoms with E-state index in [1.807, 2.05) is 6.92 Å². The maximum atomic E-state index is 13.5. The lowest BCUT2D eigenvalue weighted by Crippen LogP contribution is -2.33. The van der Waals surface area contributed by atoms with E-state index in [1.54, 1.807) is 13.0 Å². The molecule has 2 aromatic carbocycles. The lowest BCUT2D eigenvalue weighted by Gasteiger charge is -2.13. The average Bonchev–Trinajstić information content (AvgIpc) is 2.57. The van der Waals surface area contributed by atoms with E-state index in [-0.39, 0.29) is 16.3 Å². The molecule has 0 bridgehead atoms. The van der Waals surface area contributed by atoms with Crippen LogP contribution in [-0.2, 0) is 14.8 Å². The lowest BCUT2D eigenvalue weighted by atomic mass is 10.1. The van der Waals surface area contributed by atoms with E-state index in [2.05, 4.69) is 10.0 Å². The monoisotopic (exact) mass is 384 g/mol. The smallest absolute Gasteiger partial charge is 0.244 e. The SMILES string of the molecule is COc1cc(C)c(C)cc1S(=O)(=O)NCC(=O)Nc1ccc(F)cc1F. The largest absolute Gasteiger partial charge is 0.495 e. The van der Waals surface area contributed by atoms with Gasteiger partial charge in [-0.3, -0.25) is 4.79 Å². The summed E-state index contributed by atoms with van der Waals surface area (Å²) in [6.45, 7) is 2.93. The summed E-state index contributed by atoms with van der Waals surface area (Å²) in [6.07, 6.45) is 0. The van der Waals surface area contributed by atoms with Gasteiger partial charge in [0.15, 0.2) is 0 Å². The molecule has 2 aromatic rings. The third kappa shape index (κ3) is 4.55. The van der Waals surface area contributed by atoms with Crippen LogP contribution in [0.4, 0.5) is 14.5 Å². The number of benzene rings is 2. The fourth-order valence-corrected chi connectivity index (χ4v) is 3.37. The Bertz CT molecular complexity index is 946. The summed E-state index contributed by atoms with van der Waals surface area (Å²) in [6, 6.07) is 5.65. The molecule has 2 N–H and O–H groups in total. The highest BCUT2D eigenvalue weighted by molar-refractivity contribution is 7.89. The summed E-state index contributed by atoms with van der Waals surface area (Å²) >= 11 is 0. The van der Waals surface area contributed by atoms with Gasteiger partial charge in [-0.2, -0.15) is 0 Å². The molecule has 0 saturated carbocycles. The van der Waals surface area contributed by atoms with E-state index >= 15 is 0 Å². The van der Waals surface area contributed by atoms with Crippen LogP contribution >= 0.6 is 0 Å². The molecule has 0 spiro atoms. The van der Waals surface area contributed by atoms with Crippen molar-refractivity contribution in [1.29, 1.82) is 0 Å². The molecule has 0 aliphatic heterocycles. The van der Waals surface area contributed by atoms with Crippen LogP contribution in [0.5, 0.6) is 5.75 Å². The fraction of sp³-hybridized carbons (Fsp3) is 0.235. The van der Waals surface area contributed by atoms with Crippen LogP contribution in [0.3, 0.4) is 0 Å². The number of halogens is 2. The first-order valence-corrected chi connectivity index (χ1v) is 9.02. The van der Waals surface area contributed by atoms with Crippen molar-refractivity contribution < 1.29 is 26.7 Å². The summed E-state index contributed by atoms with van der Waals surface area (Å²) in [5.74, 6) is -2.41. The number of methoxy groups -OCH3 is 1. The molecule has 0 aromatic heterocycles. The first-order valence-electron chi connectivity index (χ1n) is 7.54. The molecule has 26 heavy (non-hydrogen) atoms. The molecule has 2 rings (SSSR count). The van der Waals surface area contributed by atoms with Crippen LogP contribution in [0.1, 0.15) is 11.1 Å². The number of aryl methyl sites for hydroxylation is 2. The molecule has 9 heteroatoms. The number of carbonyl (C=O) groups is 1. The first kappa shape index (κ1) is 19.8. The van der Waals surface area contributed by atoms with Gasteiger partial charge in [0.05, 0.1) is 19.3 Å². The van der Waals surface area contributed by atoms with Gasteiger partial charge in [-0.1, -0.05) is 0 Å². The highest BCUT2D eigenvalue weighted by Gasteiger charge is 2.21. The van der Waals surface area contributed by atoms with Crippen molar-refractivity contribution in [2.75, 3.05) is 19.0 Å². The molecule has 0 heterocycles. The predicted molar refractivity (Wildman–Crippen MR) is 92.6 cm³/mol. The zero-order valence-electron chi connectivity index (χ0n) is 14.4. The number of hydrogen-bond donors (Lipinski definition) is 2. The highest BCUT2D eigenvalue weighted by Crippen LogP contribution is 2.27. The number of carbonyl (C=O) groups excluding carboxylic acids is 1. The van der Waals surface area contributed by atoms with Crippen molar-refractivity contribution in [3.05, 3.63) is 53.1 Å². The van der Waals surface area contributed by atoms with Gasteiger partial charge < -0.3 is 10.1 Å². The minimum atomic E-state index is -4.04. The van der Waals surface area contributed by atoms with Crippen molar-refractivity contribution in [3.63, 3.8) is 0 Å². The van der Waals surface area contributed by atoms with E-state index in [9.17, 15) is 22.0 Å². The first-order chi connectivity index (χ1) is 12.1. The normalized spacial score (nSPS) is 11.3. The van der Waals surface area contributed by atoms with Gasteiger partial charge >= 0.3 is 0 Å². The maximum Gasteiger partial charge on any atom is 0.244 e. The van der Waals surface area contributed by atoms with Gasteiger partial charge in [-0.25, -0.2) is 21.9 Å². The Kier molecular flexibility index (Phi) is 5.94. The summed E-state index contributed by atoms with van der Waals surface area (Å²) in [5.41, 5.74) is 1.34. The van der Waals surface area contributed by atoms with Gasteiger partial charge in [-0.15, -0.1) is 0 Å². The molecule has 0 atom stereocenters. The molecular formula is C17H18F2N2O4S. The van der Waals surface area contributed by atoms with E-state index in [1.165, 1.54) is 13.2 Å². The highest BCUT2D eigenvalue weighted by atomic mass is 32.2. The molecule has 0 saturated heterocycles. The van der Waals surface area contributed by atoms with Crippen molar-refractivity contribution >= 4 is 21.6 Å². The number of sulfonamides is 1. The minimum Gasteiger partial charge on any atom is -0.495 e. The third-order valence-electron chi connectivity index (χ3n) is 3.70. The minimum absolute atomic E-state index is 0.108. The Labute approximate surface area is 150 Å². The number of amides is 1. The number of hydrogen-bond acceptors (Lipinski definition) is 4. The zero-order valence-corrected chi connectivity index (χ0v) is 15.2. The Morgan fingerprint density at radius 3 is 2.38 bits per heavy atom. The summed E-state index contributed by atoms with van der Waals surface area (Å²) in [5, 5.41) is 2.17. The Morgan fingerprint density at radius 2 is 1.77 bits per heavy atom. The summed E-state index contributed by atoms with van der Waals surface area (Å²) < 4.78 is 58.5. The van der Waals surface area contributed by atoms with Crippen LogP contribution in [0.25, 0.3) is 0 Å². The van der Waals surface area contributed by atoms with Crippen molar-refractivity contribution in [2.45, 2.75) is 18.7 Å². The molecule has 140 valence electrons. The van der Waals surface area contributed by atoms with Crippen molar-refractivity contribution in [3.8, 4) is 5.75 Å². The van der Waals surface area contributed by atoms with Crippen LogP contribution in [0.15, 0.2) is 35.2 Å². The Balaban J connectivity index is 2.13. The van der Waals surface area contributed by atoms with Gasteiger partial charge in [0, 0.05) is 6.07 Å². The summed E-state index contributed by atoms with van der Waals surface area (Å²) in [4.78, 5) is 11.8. The van der Waals surface area contributed by atoms with E-state index in [4.69, 9.17) is 4.74 Å². The lowest BCUT2D eigenvalue weighted by molar-refractivity contribution is -0.115. The zero-order chi connectivity index (χ0) is 19.5. The van der Waals surface area contributed by atoms with E-state index in [0.29, 0.717) is 6.07 Å². The number of ether oxygens (including phenoxy) is 1. The third-order valence-corrected chi connectivity index (χ3v) is 5.12. The van der Waals surface area contributed by atoms with Crippen molar-refractivity contribution in [1.82, 2.24) is 4.72 Å². The molecule has 1 amide bonds. The van der Waals surface area contributed by atoms with Crippen LogP contribution in [0, 0.1) is 25.5 Å². The molecular weight excluding hydrogens is 366 g/mol. The average molecular weight is 384 g/mol. The Hall–Kier alpha value is -2.52. The van der Waals surface area contributed by atoms with Crippen LogP contribution < -0.4 is 14.8 Å². The number of anilines is 1. The molecule has 0 fully saturated rings. The van der Waals surface area contributed by atoms with Crippen LogP contribution in [-0.4, -0.2) is 28.0 Å². The van der Waals surface area contributed by atoms with Gasteiger partial charge in [-0.05, 0) is 49.2 Å². The van der Waals surface area contributed by atoms with Gasteiger partial charge in [0.1, 0.15) is 22.3 Å². The Morgan fingerprint density at radius 1 is 1.12 bits per heavy atom. The predicted octanol–water partition coefficient (Wildman–Crippen LogP) is 2.51. The summed E-state index contributed by atoms with van der Waals surface area (Å²) in [7, 11) is -2.70. The second-order valence-corrected chi connectivity index (χ2v) is 7.32. The van der Waals surface area contributed by atoms with E-state index < -0.39 is 34.1 Å². The van der Waals surface area contributed by atoms with Gasteiger partial charge in [0.2, 0.25) is 15.9 Å². The number of nitrogens with one attached hydrogen (secondary N) is 2. The molecule has 0 aliphatic rings. The molecule has 6 nitrogen and oxygen atoms in total. The molecule has 0 aliphatic carbocycles. The quantitative estimate of drug-likeness (QED) is 0.802. The maximum absolute atomic E-state index is 13.5. The van der Waals surface area contributed by atoms with Crippen LogP contribution in [0.2, 0.25) is 0 Å². The molecule has 0 unspecified atom stereocenters.